The number of carboxylic acid groups (broad SMARTS) is 1. The molecular formula is C37H36F6N4O4. The van der Waals surface area contributed by atoms with Crippen LogP contribution in [-0.4, -0.2) is 31.1 Å². The summed E-state index contributed by atoms with van der Waals surface area (Å²) in [7, 11) is 0. The van der Waals surface area contributed by atoms with E-state index in [2.05, 4.69) is 22.1 Å². The van der Waals surface area contributed by atoms with Crippen LogP contribution in [0.5, 0.6) is 0 Å². The molecule has 0 aliphatic heterocycles. The van der Waals surface area contributed by atoms with Crippen molar-refractivity contribution in [1.82, 2.24) is 19.4 Å². The van der Waals surface area contributed by atoms with E-state index >= 15 is 8.78 Å². The van der Waals surface area contributed by atoms with Gasteiger partial charge in [0.05, 0.1) is 29.9 Å². The molecule has 0 aliphatic carbocycles. The van der Waals surface area contributed by atoms with Gasteiger partial charge in [0.15, 0.2) is 0 Å². The summed E-state index contributed by atoms with van der Waals surface area (Å²) in [6.45, 7) is 7.87. The van der Waals surface area contributed by atoms with Crippen molar-refractivity contribution in [2.75, 3.05) is 0 Å². The van der Waals surface area contributed by atoms with Crippen LogP contribution in [0.25, 0.3) is 11.1 Å². The van der Waals surface area contributed by atoms with Crippen LogP contribution < -0.4 is 10.9 Å². The van der Waals surface area contributed by atoms with E-state index in [1.807, 2.05) is 0 Å². The molecule has 8 nitrogen and oxygen atoms in total. The fourth-order valence-corrected chi connectivity index (χ4v) is 6.13. The second kappa shape index (κ2) is 15.7. The van der Waals surface area contributed by atoms with Gasteiger partial charge in [-0.3, -0.25) is 14.4 Å². The Morgan fingerprint density at radius 1 is 1.04 bits per heavy atom. The number of hydrogen-bond donors (Lipinski definition) is 2. The summed E-state index contributed by atoms with van der Waals surface area (Å²) in [6, 6.07) is 0.433. The van der Waals surface area contributed by atoms with Gasteiger partial charge in [0, 0.05) is 42.3 Å². The van der Waals surface area contributed by atoms with Crippen molar-refractivity contribution in [1.29, 1.82) is 0 Å². The molecule has 0 aliphatic rings. The van der Waals surface area contributed by atoms with Crippen LogP contribution in [0.1, 0.15) is 79.1 Å². The monoisotopic (exact) mass is 714 g/mol. The van der Waals surface area contributed by atoms with Crippen molar-refractivity contribution in [2.24, 2.45) is 5.92 Å². The molecule has 4 aromatic rings. The third kappa shape index (κ3) is 8.89. The Bertz CT molecular complexity index is 2040. The summed E-state index contributed by atoms with van der Waals surface area (Å²) >= 11 is 0. The Balaban J connectivity index is 1.87. The number of alkyl halides is 3. The van der Waals surface area contributed by atoms with Crippen LogP contribution in [-0.2, 0) is 28.7 Å². The fraction of sp³-hybridized carbons (Fsp3) is 0.351. The first kappa shape index (κ1) is 38.5. The first-order chi connectivity index (χ1) is 23.9. The van der Waals surface area contributed by atoms with E-state index < -0.39 is 70.7 Å². The van der Waals surface area contributed by atoms with Crippen LogP contribution >= 0.6 is 0 Å². The summed E-state index contributed by atoms with van der Waals surface area (Å²) in [6.07, 6.45) is -0.879. The van der Waals surface area contributed by atoms with Crippen molar-refractivity contribution in [3.63, 3.8) is 0 Å². The molecule has 0 fully saturated rings. The molecule has 2 N–H and O–H groups in total. The molecule has 14 heteroatoms. The standard InChI is InChI=1S/C37H36F6N4O4/c1-6-7-23-15-26(32-21(4)13-25(38)14-22(32)5)35(40)33(34(23)39)28(17-31(49)50)45-36(51)29(12-20(2)3)47-18-24(8-10-46-11-9-44-19-46)27(16-30(47)48)37(41,42)43/h9,11,13-16,18-20,28-29H,8,10,12,17H2,1-5H3,(H,45,51)(H,49,50). The predicted molar refractivity (Wildman–Crippen MR) is 177 cm³/mol. The van der Waals surface area contributed by atoms with E-state index in [4.69, 9.17) is 0 Å². The predicted octanol–water partition coefficient (Wildman–Crippen LogP) is 7.30. The highest BCUT2D eigenvalue weighted by molar-refractivity contribution is 5.82. The van der Waals surface area contributed by atoms with E-state index in [0.29, 0.717) is 17.2 Å². The van der Waals surface area contributed by atoms with Gasteiger partial charge in [-0.25, -0.2) is 18.2 Å². The number of aromatic nitrogens is 3. The second-order valence-corrected chi connectivity index (χ2v) is 12.6. The third-order valence-corrected chi connectivity index (χ3v) is 8.30. The first-order valence-electron chi connectivity index (χ1n) is 15.9. The zero-order chi connectivity index (χ0) is 37.8. The Morgan fingerprint density at radius 2 is 1.71 bits per heavy atom. The number of halogens is 6. The van der Waals surface area contributed by atoms with Gasteiger partial charge in [0.1, 0.15) is 23.5 Å². The molecule has 0 saturated heterocycles. The highest BCUT2D eigenvalue weighted by Crippen LogP contribution is 2.38. The van der Waals surface area contributed by atoms with E-state index in [1.165, 1.54) is 37.9 Å². The number of carbonyl (C=O) groups excluding carboxylic acids is 1. The zero-order valence-electron chi connectivity index (χ0n) is 28.5. The van der Waals surface area contributed by atoms with Crippen LogP contribution in [0.3, 0.4) is 0 Å². The topological polar surface area (TPSA) is 106 Å². The number of pyridine rings is 1. The van der Waals surface area contributed by atoms with E-state index in [9.17, 15) is 37.1 Å². The van der Waals surface area contributed by atoms with Crippen LogP contribution in [0.2, 0.25) is 0 Å². The lowest BCUT2D eigenvalue weighted by Crippen LogP contribution is -2.41. The van der Waals surface area contributed by atoms with Gasteiger partial charge in [-0.2, -0.15) is 13.2 Å². The molecule has 2 aromatic heterocycles. The minimum atomic E-state index is -4.90. The highest BCUT2D eigenvalue weighted by atomic mass is 19.4. The quantitative estimate of drug-likeness (QED) is 0.118. The van der Waals surface area contributed by atoms with Crippen molar-refractivity contribution in [3.8, 4) is 23.0 Å². The van der Waals surface area contributed by atoms with Crippen molar-refractivity contribution in [2.45, 2.75) is 78.7 Å². The molecule has 2 atom stereocenters. The molecule has 0 radical (unpaired) electrons. The van der Waals surface area contributed by atoms with Crippen LogP contribution in [0.15, 0.2) is 54.0 Å². The van der Waals surface area contributed by atoms with Gasteiger partial charge in [-0.05, 0) is 80.0 Å². The zero-order valence-corrected chi connectivity index (χ0v) is 28.5. The number of amides is 1. The van der Waals surface area contributed by atoms with Crippen LogP contribution in [0, 0.1) is 49.1 Å². The average molecular weight is 715 g/mol. The lowest BCUT2D eigenvalue weighted by molar-refractivity contribution is -0.139. The summed E-state index contributed by atoms with van der Waals surface area (Å²) in [4.78, 5) is 43.3. The van der Waals surface area contributed by atoms with E-state index in [0.717, 1.165) is 29.0 Å². The lowest BCUT2D eigenvalue weighted by atomic mass is 9.89. The molecule has 51 heavy (non-hydrogen) atoms. The lowest BCUT2D eigenvalue weighted by Gasteiger charge is -2.27. The molecule has 1 amide bonds. The van der Waals surface area contributed by atoms with Gasteiger partial charge < -0.3 is 19.6 Å². The van der Waals surface area contributed by atoms with Gasteiger partial charge in [-0.1, -0.05) is 19.8 Å². The highest BCUT2D eigenvalue weighted by Gasteiger charge is 2.36. The minimum Gasteiger partial charge on any atom is -0.481 e. The number of benzene rings is 2. The molecule has 0 saturated carbocycles. The van der Waals surface area contributed by atoms with Gasteiger partial charge in [-0.15, -0.1) is 5.92 Å². The number of hydrogen-bond acceptors (Lipinski definition) is 4. The largest absolute Gasteiger partial charge is 0.481 e. The average Bonchev–Trinajstić information content (AvgIpc) is 3.54. The number of rotatable bonds is 12. The Morgan fingerprint density at radius 3 is 2.25 bits per heavy atom. The normalized spacial score (nSPS) is 12.7. The summed E-state index contributed by atoms with van der Waals surface area (Å²) in [5.41, 5.74) is -3.24. The molecule has 0 spiro atoms. The maximum Gasteiger partial charge on any atom is 0.416 e. The number of aryl methyl sites for hydroxylation is 4. The van der Waals surface area contributed by atoms with Gasteiger partial charge in [0.2, 0.25) is 5.91 Å². The molecule has 2 unspecified atom stereocenters. The number of aliphatic carboxylic acids is 1. The smallest absolute Gasteiger partial charge is 0.416 e. The van der Waals surface area contributed by atoms with Crippen molar-refractivity contribution >= 4 is 11.9 Å². The minimum absolute atomic E-state index is 0.0634. The second-order valence-electron chi connectivity index (χ2n) is 12.6. The Kier molecular flexibility index (Phi) is 11.8. The number of carbonyl (C=O) groups is 2. The summed E-state index contributed by atoms with van der Waals surface area (Å²) in [5.74, 6) is -0.958. The fourth-order valence-electron chi connectivity index (χ4n) is 6.13. The summed E-state index contributed by atoms with van der Waals surface area (Å²) < 4.78 is 91.4. The van der Waals surface area contributed by atoms with E-state index in [1.54, 1.807) is 20.0 Å². The van der Waals surface area contributed by atoms with Crippen LogP contribution in [0.4, 0.5) is 26.3 Å². The molecule has 2 aromatic carbocycles. The molecule has 0 bridgehead atoms. The number of carboxylic acids is 1. The molecule has 2 heterocycles. The van der Waals surface area contributed by atoms with Gasteiger partial charge in [0.25, 0.3) is 5.56 Å². The number of nitrogens with zero attached hydrogens (tertiary/aromatic N) is 3. The Hall–Kier alpha value is -5.32. The number of imidazole rings is 1. The first-order valence-corrected chi connectivity index (χ1v) is 15.9. The van der Waals surface area contributed by atoms with E-state index in [-0.39, 0.29) is 47.6 Å². The summed E-state index contributed by atoms with van der Waals surface area (Å²) in [5, 5.41) is 12.2. The maximum atomic E-state index is 16.6. The third-order valence-electron chi connectivity index (χ3n) is 8.30. The number of nitrogens with one attached hydrogen (secondary N) is 1. The Labute approximate surface area is 290 Å². The maximum absolute atomic E-state index is 16.6. The van der Waals surface area contributed by atoms with Gasteiger partial charge >= 0.3 is 12.1 Å². The molecule has 4 rings (SSSR count). The van der Waals surface area contributed by atoms with Crippen molar-refractivity contribution in [3.05, 3.63) is 110 Å². The molecular weight excluding hydrogens is 678 g/mol. The SMILES string of the molecule is CC#Cc1cc(-c2c(C)cc(F)cc2C)c(F)c(C(CC(=O)O)NC(=O)C(CC(C)C)n2cc(CCn3ccnc3)c(C(F)(F)F)cc2=O)c1F. The van der Waals surface area contributed by atoms with Crippen molar-refractivity contribution < 1.29 is 41.0 Å². The molecule has 270 valence electrons.